The van der Waals surface area contributed by atoms with E-state index in [4.69, 9.17) is 33.7 Å². The van der Waals surface area contributed by atoms with Crippen molar-refractivity contribution in [3.63, 3.8) is 0 Å². The van der Waals surface area contributed by atoms with E-state index in [1.807, 2.05) is 0 Å². The average molecular weight is 291 g/mol. The quantitative estimate of drug-likeness (QED) is 0.814. The summed E-state index contributed by atoms with van der Waals surface area (Å²) in [7, 11) is 0. The predicted octanol–water partition coefficient (Wildman–Crippen LogP) is 2.07. The Labute approximate surface area is 114 Å². The molecule has 0 saturated carbocycles. The molecule has 5 nitrogen and oxygen atoms in total. The SMILES string of the molecule is CCOC(=O)CNc1cc(Cl)c(Cl)cc1C(N)=O. The van der Waals surface area contributed by atoms with Gasteiger partial charge < -0.3 is 15.8 Å². The normalized spacial score (nSPS) is 9.94. The number of nitrogens with one attached hydrogen (secondary N) is 1. The number of hydrogen-bond donors (Lipinski definition) is 2. The highest BCUT2D eigenvalue weighted by Gasteiger charge is 2.13. The molecule has 1 aromatic rings. The molecular weight excluding hydrogens is 279 g/mol. The number of carbonyl (C=O) groups excluding carboxylic acids is 2. The average Bonchev–Trinajstić information content (AvgIpc) is 2.30. The molecule has 1 amide bonds. The predicted molar refractivity (Wildman–Crippen MR) is 70.1 cm³/mol. The summed E-state index contributed by atoms with van der Waals surface area (Å²) in [6, 6.07) is 2.78. The maximum absolute atomic E-state index is 11.2. The van der Waals surface area contributed by atoms with Crippen molar-refractivity contribution in [2.45, 2.75) is 6.92 Å². The minimum Gasteiger partial charge on any atom is -0.465 e. The summed E-state index contributed by atoms with van der Waals surface area (Å²) in [5.74, 6) is -1.11. The van der Waals surface area contributed by atoms with Crippen molar-refractivity contribution in [3.8, 4) is 0 Å². The summed E-state index contributed by atoms with van der Waals surface area (Å²) >= 11 is 11.6. The van der Waals surface area contributed by atoms with Crippen LogP contribution in [-0.4, -0.2) is 25.0 Å². The van der Waals surface area contributed by atoms with Gasteiger partial charge >= 0.3 is 5.97 Å². The molecule has 0 aliphatic rings. The van der Waals surface area contributed by atoms with E-state index in [-0.39, 0.29) is 28.8 Å². The molecule has 0 aromatic heterocycles. The van der Waals surface area contributed by atoms with Crippen molar-refractivity contribution in [3.05, 3.63) is 27.7 Å². The van der Waals surface area contributed by atoms with Crippen LogP contribution < -0.4 is 11.1 Å². The van der Waals surface area contributed by atoms with Crippen LogP contribution in [0.1, 0.15) is 17.3 Å². The zero-order chi connectivity index (χ0) is 13.7. The number of anilines is 1. The molecule has 0 radical (unpaired) electrons. The Balaban J connectivity index is 2.90. The number of nitrogens with two attached hydrogens (primary N) is 1. The second kappa shape index (κ2) is 6.47. The van der Waals surface area contributed by atoms with Gasteiger partial charge in [0.05, 0.1) is 22.2 Å². The van der Waals surface area contributed by atoms with Crippen molar-refractivity contribution in [2.24, 2.45) is 5.73 Å². The van der Waals surface area contributed by atoms with Gasteiger partial charge in [-0.05, 0) is 19.1 Å². The third kappa shape index (κ3) is 3.78. The lowest BCUT2D eigenvalue weighted by Gasteiger charge is -2.11. The largest absolute Gasteiger partial charge is 0.465 e. The molecule has 1 aromatic carbocycles. The van der Waals surface area contributed by atoms with E-state index < -0.39 is 11.9 Å². The lowest BCUT2D eigenvalue weighted by Crippen LogP contribution is -2.20. The molecule has 0 fully saturated rings. The molecule has 7 heteroatoms. The van der Waals surface area contributed by atoms with Gasteiger partial charge in [0.1, 0.15) is 6.54 Å². The Morgan fingerprint density at radius 2 is 1.94 bits per heavy atom. The third-order valence-electron chi connectivity index (χ3n) is 2.05. The molecule has 0 saturated heterocycles. The van der Waals surface area contributed by atoms with Gasteiger partial charge in [-0.2, -0.15) is 0 Å². The lowest BCUT2D eigenvalue weighted by molar-refractivity contribution is -0.140. The van der Waals surface area contributed by atoms with Gasteiger partial charge in [0.15, 0.2) is 0 Å². The van der Waals surface area contributed by atoms with Crippen LogP contribution in [0.15, 0.2) is 12.1 Å². The minimum atomic E-state index is -0.667. The van der Waals surface area contributed by atoms with Gasteiger partial charge in [0.2, 0.25) is 0 Å². The lowest BCUT2D eigenvalue weighted by atomic mass is 10.1. The van der Waals surface area contributed by atoms with Crippen molar-refractivity contribution in [2.75, 3.05) is 18.5 Å². The molecule has 3 N–H and O–H groups in total. The van der Waals surface area contributed by atoms with Crippen LogP contribution in [0.5, 0.6) is 0 Å². The Morgan fingerprint density at radius 3 is 2.50 bits per heavy atom. The van der Waals surface area contributed by atoms with E-state index in [2.05, 4.69) is 5.32 Å². The van der Waals surface area contributed by atoms with Crippen LogP contribution >= 0.6 is 23.2 Å². The molecule has 18 heavy (non-hydrogen) atoms. The molecule has 98 valence electrons. The summed E-state index contributed by atoms with van der Waals surface area (Å²) in [5, 5.41) is 3.20. The summed E-state index contributed by atoms with van der Waals surface area (Å²) in [6.07, 6.45) is 0. The molecule has 0 aliphatic carbocycles. The number of hydrogen-bond acceptors (Lipinski definition) is 4. The number of ether oxygens (including phenoxy) is 1. The molecule has 0 heterocycles. The van der Waals surface area contributed by atoms with Crippen LogP contribution in [0.3, 0.4) is 0 Å². The topological polar surface area (TPSA) is 81.4 Å². The first-order valence-electron chi connectivity index (χ1n) is 5.14. The molecule has 0 atom stereocenters. The van der Waals surface area contributed by atoms with E-state index in [1.165, 1.54) is 12.1 Å². The highest BCUT2D eigenvalue weighted by Crippen LogP contribution is 2.28. The molecule has 0 bridgehead atoms. The van der Waals surface area contributed by atoms with Crippen molar-refractivity contribution in [1.29, 1.82) is 0 Å². The van der Waals surface area contributed by atoms with Crippen LogP contribution in [0.4, 0.5) is 5.69 Å². The highest BCUT2D eigenvalue weighted by molar-refractivity contribution is 6.42. The Bertz CT molecular complexity index is 478. The maximum atomic E-state index is 11.2. The second-order valence-electron chi connectivity index (χ2n) is 3.33. The van der Waals surface area contributed by atoms with Crippen LogP contribution in [0.25, 0.3) is 0 Å². The Morgan fingerprint density at radius 1 is 1.33 bits per heavy atom. The number of primary amides is 1. The fraction of sp³-hybridized carbons (Fsp3) is 0.273. The first kappa shape index (κ1) is 14.6. The van der Waals surface area contributed by atoms with E-state index >= 15 is 0 Å². The van der Waals surface area contributed by atoms with Crippen molar-refractivity contribution < 1.29 is 14.3 Å². The number of benzene rings is 1. The number of halogens is 2. The molecule has 0 unspecified atom stereocenters. The zero-order valence-electron chi connectivity index (χ0n) is 9.63. The molecular formula is C11H12Cl2N2O3. The van der Waals surface area contributed by atoms with Gasteiger partial charge in [-0.15, -0.1) is 0 Å². The second-order valence-corrected chi connectivity index (χ2v) is 4.15. The van der Waals surface area contributed by atoms with Gasteiger partial charge in [0.25, 0.3) is 5.91 Å². The van der Waals surface area contributed by atoms with Gasteiger partial charge in [-0.25, -0.2) is 0 Å². The first-order chi connectivity index (χ1) is 8.45. The van der Waals surface area contributed by atoms with Gasteiger partial charge in [-0.1, -0.05) is 23.2 Å². The minimum absolute atomic E-state index is 0.0912. The summed E-state index contributed by atoms with van der Waals surface area (Å²) in [6.45, 7) is 1.89. The van der Waals surface area contributed by atoms with Crippen LogP contribution in [-0.2, 0) is 9.53 Å². The molecule has 0 aliphatic heterocycles. The van der Waals surface area contributed by atoms with E-state index in [0.29, 0.717) is 5.69 Å². The maximum Gasteiger partial charge on any atom is 0.325 e. The standard InChI is InChI=1S/C11H12Cl2N2O3/c1-2-18-10(16)5-15-9-4-8(13)7(12)3-6(9)11(14)17/h3-4,15H,2,5H2,1H3,(H2,14,17). The van der Waals surface area contributed by atoms with E-state index in [9.17, 15) is 9.59 Å². The van der Waals surface area contributed by atoms with Crippen molar-refractivity contribution >= 4 is 40.8 Å². The number of amides is 1. The summed E-state index contributed by atoms with van der Waals surface area (Å²) < 4.78 is 4.74. The Kier molecular flexibility index (Phi) is 5.25. The summed E-state index contributed by atoms with van der Waals surface area (Å²) in [4.78, 5) is 22.4. The number of rotatable bonds is 5. The van der Waals surface area contributed by atoms with Gasteiger partial charge in [-0.3, -0.25) is 9.59 Å². The monoisotopic (exact) mass is 290 g/mol. The summed E-state index contributed by atoms with van der Waals surface area (Å²) in [5.41, 5.74) is 5.70. The van der Waals surface area contributed by atoms with Crippen molar-refractivity contribution in [1.82, 2.24) is 0 Å². The molecule has 0 spiro atoms. The Hall–Kier alpha value is -1.46. The van der Waals surface area contributed by atoms with Crippen LogP contribution in [0, 0.1) is 0 Å². The van der Waals surface area contributed by atoms with E-state index in [0.717, 1.165) is 0 Å². The van der Waals surface area contributed by atoms with E-state index in [1.54, 1.807) is 6.92 Å². The van der Waals surface area contributed by atoms with Crippen LogP contribution in [0.2, 0.25) is 10.0 Å². The fourth-order valence-electron chi connectivity index (χ4n) is 1.28. The number of carbonyl (C=O) groups is 2. The molecule has 1 rings (SSSR count). The third-order valence-corrected chi connectivity index (χ3v) is 2.78. The highest BCUT2D eigenvalue weighted by atomic mass is 35.5. The fourth-order valence-corrected chi connectivity index (χ4v) is 1.60. The smallest absolute Gasteiger partial charge is 0.325 e. The van der Waals surface area contributed by atoms with Gasteiger partial charge in [0, 0.05) is 5.69 Å². The zero-order valence-corrected chi connectivity index (χ0v) is 11.1. The number of esters is 1. The first-order valence-corrected chi connectivity index (χ1v) is 5.89.